The zero-order valence-corrected chi connectivity index (χ0v) is 15.8. The molecule has 5 heteroatoms. The van der Waals surface area contributed by atoms with Crippen LogP contribution in [0, 0.1) is 17.1 Å². The molecule has 0 unspecified atom stereocenters. The quantitative estimate of drug-likeness (QED) is 0.598. The number of rotatable bonds is 4. The van der Waals surface area contributed by atoms with Crippen LogP contribution in [0.5, 0.6) is 0 Å². The Balaban J connectivity index is 2.16. The van der Waals surface area contributed by atoms with E-state index in [1.165, 1.54) is 11.6 Å². The van der Waals surface area contributed by atoms with Crippen LogP contribution in [0.3, 0.4) is 0 Å². The van der Waals surface area contributed by atoms with Crippen LogP contribution in [0.2, 0.25) is 0 Å². The Morgan fingerprint density at radius 2 is 1.85 bits per heavy atom. The second-order valence-electron chi connectivity index (χ2n) is 6.00. The Kier molecular flexibility index (Phi) is 5.34. The third-order valence-electron chi connectivity index (χ3n) is 4.17. The van der Waals surface area contributed by atoms with Crippen LogP contribution >= 0.6 is 15.9 Å². The highest BCUT2D eigenvalue weighted by Crippen LogP contribution is 2.34. The fourth-order valence-corrected chi connectivity index (χ4v) is 3.24. The van der Waals surface area contributed by atoms with E-state index >= 15 is 0 Å². The Labute approximate surface area is 160 Å². The van der Waals surface area contributed by atoms with Crippen molar-refractivity contribution in [3.05, 3.63) is 69.9 Å². The molecule has 0 aliphatic heterocycles. The van der Waals surface area contributed by atoms with Gasteiger partial charge in [0.25, 0.3) is 0 Å². The van der Waals surface area contributed by atoms with Crippen molar-refractivity contribution in [2.45, 2.75) is 19.8 Å². The summed E-state index contributed by atoms with van der Waals surface area (Å²) >= 11 is 3.35. The fraction of sp³-hybridized carbons (Fsp3) is 0.143. The van der Waals surface area contributed by atoms with Crippen molar-refractivity contribution >= 4 is 21.7 Å². The lowest BCUT2D eigenvalue weighted by Crippen LogP contribution is -2.00. The summed E-state index contributed by atoms with van der Waals surface area (Å²) < 4.78 is 15.1. The summed E-state index contributed by atoms with van der Waals surface area (Å²) in [5.74, 6) is -0.323. The van der Waals surface area contributed by atoms with Gasteiger partial charge in [0.15, 0.2) is 0 Å². The van der Waals surface area contributed by atoms with E-state index in [9.17, 15) is 9.65 Å². The lowest BCUT2D eigenvalue weighted by Gasteiger charge is -2.12. The molecule has 0 fully saturated rings. The number of hydrogen-bond acceptors (Lipinski definition) is 3. The molecule has 0 amide bonds. The maximum Gasteiger partial charge on any atom is 0.142 e. The van der Waals surface area contributed by atoms with Gasteiger partial charge in [0.05, 0.1) is 5.69 Å². The van der Waals surface area contributed by atoms with Gasteiger partial charge < -0.3 is 5.73 Å². The molecule has 0 aliphatic carbocycles. The first-order valence-corrected chi connectivity index (χ1v) is 9.08. The molecular weight excluding hydrogens is 393 g/mol. The van der Waals surface area contributed by atoms with Crippen LogP contribution in [0.15, 0.2) is 53.0 Å². The molecule has 0 aliphatic rings. The van der Waals surface area contributed by atoms with E-state index in [1.807, 2.05) is 30.3 Å². The van der Waals surface area contributed by atoms with Crippen LogP contribution in [0.1, 0.15) is 24.5 Å². The number of nitrogen functional groups attached to an aromatic ring is 1. The van der Waals surface area contributed by atoms with E-state index in [-0.39, 0.29) is 11.4 Å². The number of aromatic nitrogens is 1. The number of nitrogens with zero attached hydrogens (tertiary/aromatic N) is 2. The van der Waals surface area contributed by atoms with Gasteiger partial charge in [0.2, 0.25) is 0 Å². The summed E-state index contributed by atoms with van der Waals surface area (Å²) in [6.45, 7) is 2.13. The van der Waals surface area contributed by atoms with Crippen molar-refractivity contribution in [2.24, 2.45) is 0 Å². The SMILES string of the molecule is CCCc1ccc(-c2cc(-c3cc(Br)ccc3F)c(C#N)c(N)n2)cc1. The van der Waals surface area contributed by atoms with Gasteiger partial charge >= 0.3 is 0 Å². The predicted octanol–water partition coefficient (Wildman–Crippen LogP) is 5.72. The lowest BCUT2D eigenvalue weighted by molar-refractivity contribution is 0.631. The third kappa shape index (κ3) is 3.61. The molecule has 0 saturated heterocycles. The van der Waals surface area contributed by atoms with Crippen molar-refractivity contribution in [1.29, 1.82) is 5.26 Å². The highest BCUT2D eigenvalue weighted by atomic mass is 79.9. The van der Waals surface area contributed by atoms with Crippen molar-refractivity contribution in [3.8, 4) is 28.5 Å². The largest absolute Gasteiger partial charge is 0.383 e. The van der Waals surface area contributed by atoms with E-state index in [0.717, 1.165) is 22.9 Å². The van der Waals surface area contributed by atoms with Gasteiger partial charge in [0.1, 0.15) is 23.3 Å². The molecule has 0 radical (unpaired) electrons. The van der Waals surface area contributed by atoms with Gasteiger partial charge in [-0.25, -0.2) is 9.37 Å². The minimum atomic E-state index is -0.417. The third-order valence-corrected chi connectivity index (χ3v) is 4.66. The Morgan fingerprint density at radius 3 is 2.50 bits per heavy atom. The van der Waals surface area contributed by atoms with E-state index in [1.54, 1.807) is 18.2 Å². The average molecular weight is 410 g/mol. The first-order valence-electron chi connectivity index (χ1n) is 8.28. The average Bonchev–Trinajstić information content (AvgIpc) is 2.64. The van der Waals surface area contributed by atoms with E-state index in [2.05, 4.69) is 27.8 Å². The summed E-state index contributed by atoms with van der Waals surface area (Å²) in [7, 11) is 0. The smallest absolute Gasteiger partial charge is 0.142 e. The zero-order chi connectivity index (χ0) is 18.7. The summed E-state index contributed by atoms with van der Waals surface area (Å²) in [4.78, 5) is 4.35. The molecule has 2 aromatic carbocycles. The van der Waals surface area contributed by atoms with Crippen molar-refractivity contribution in [2.75, 3.05) is 5.73 Å². The van der Waals surface area contributed by atoms with Gasteiger partial charge in [-0.2, -0.15) is 5.26 Å². The molecule has 2 N–H and O–H groups in total. The maximum atomic E-state index is 14.4. The molecule has 3 rings (SSSR count). The second kappa shape index (κ2) is 7.67. The summed E-state index contributed by atoms with van der Waals surface area (Å²) in [5.41, 5.74) is 9.66. The van der Waals surface area contributed by atoms with E-state index in [0.29, 0.717) is 16.8 Å². The molecule has 1 aromatic heterocycles. The summed E-state index contributed by atoms with van der Waals surface area (Å²) in [6.07, 6.45) is 2.09. The van der Waals surface area contributed by atoms with Crippen molar-refractivity contribution in [3.63, 3.8) is 0 Å². The highest BCUT2D eigenvalue weighted by Gasteiger charge is 2.16. The molecule has 0 spiro atoms. The first-order chi connectivity index (χ1) is 12.5. The molecule has 3 aromatic rings. The minimum Gasteiger partial charge on any atom is -0.383 e. The Morgan fingerprint density at radius 1 is 1.12 bits per heavy atom. The molecule has 0 saturated carbocycles. The number of halogens is 2. The highest BCUT2D eigenvalue weighted by molar-refractivity contribution is 9.10. The molecule has 0 atom stereocenters. The Bertz CT molecular complexity index is 991. The van der Waals surface area contributed by atoms with Crippen molar-refractivity contribution < 1.29 is 4.39 Å². The fourth-order valence-electron chi connectivity index (χ4n) is 2.88. The maximum absolute atomic E-state index is 14.4. The second-order valence-corrected chi connectivity index (χ2v) is 6.91. The predicted molar refractivity (Wildman–Crippen MR) is 106 cm³/mol. The Hall–Kier alpha value is -2.71. The lowest BCUT2D eigenvalue weighted by atomic mass is 9.97. The molecule has 0 bridgehead atoms. The van der Waals surface area contributed by atoms with Crippen LogP contribution in [0.25, 0.3) is 22.4 Å². The monoisotopic (exact) mass is 409 g/mol. The van der Waals surface area contributed by atoms with Gasteiger partial charge in [-0.05, 0) is 36.2 Å². The van der Waals surface area contributed by atoms with Crippen LogP contribution in [-0.2, 0) is 6.42 Å². The molecule has 26 heavy (non-hydrogen) atoms. The number of hydrogen-bond donors (Lipinski definition) is 1. The standard InChI is InChI=1S/C21H17BrFN3/c1-2-3-13-4-6-14(7-5-13)20-11-16(18(12-24)21(25)26-20)17-10-15(22)8-9-19(17)23/h4-11H,2-3H2,1H3,(H2,25,26). The van der Waals surface area contributed by atoms with Crippen LogP contribution in [0.4, 0.5) is 10.2 Å². The molecule has 1 heterocycles. The summed E-state index contributed by atoms with van der Waals surface area (Å²) in [5, 5.41) is 9.47. The van der Waals surface area contributed by atoms with E-state index in [4.69, 9.17) is 5.73 Å². The topological polar surface area (TPSA) is 62.7 Å². The zero-order valence-electron chi connectivity index (χ0n) is 14.3. The van der Waals surface area contributed by atoms with E-state index < -0.39 is 5.82 Å². The number of anilines is 1. The van der Waals surface area contributed by atoms with Gasteiger partial charge in [0, 0.05) is 21.2 Å². The summed E-state index contributed by atoms with van der Waals surface area (Å²) in [6, 6.07) is 16.4. The molecule has 3 nitrogen and oxygen atoms in total. The van der Waals surface area contributed by atoms with Gasteiger partial charge in [-0.15, -0.1) is 0 Å². The van der Waals surface area contributed by atoms with Gasteiger partial charge in [-0.3, -0.25) is 0 Å². The van der Waals surface area contributed by atoms with Crippen LogP contribution in [-0.4, -0.2) is 4.98 Å². The minimum absolute atomic E-state index is 0.0945. The molecule has 130 valence electrons. The van der Waals surface area contributed by atoms with Crippen molar-refractivity contribution in [1.82, 2.24) is 4.98 Å². The molecular formula is C21H17BrFN3. The number of pyridine rings is 1. The van der Waals surface area contributed by atoms with Crippen LogP contribution < -0.4 is 5.73 Å². The number of aryl methyl sites for hydroxylation is 1. The van der Waals surface area contributed by atoms with Gasteiger partial charge in [-0.1, -0.05) is 53.5 Å². The first kappa shape index (κ1) is 18.1. The number of nitriles is 1. The number of nitrogens with two attached hydrogens (primary N) is 1. The normalized spacial score (nSPS) is 10.5. The number of benzene rings is 2.